The first-order valence-corrected chi connectivity index (χ1v) is 7.64. The zero-order valence-electron chi connectivity index (χ0n) is 12.9. The fourth-order valence-corrected chi connectivity index (χ4v) is 2.80. The average Bonchev–Trinajstić information content (AvgIpc) is 2.50. The Morgan fingerprint density at radius 2 is 1.86 bits per heavy atom. The number of thiocarbonyl (C=S) groups is 1. The van der Waals surface area contributed by atoms with E-state index in [2.05, 4.69) is 0 Å². The third-order valence-corrected chi connectivity index (χ3v) is 4.25. The molecule has 7 heteroatoms. The van der Waals surface area contributed by atoms with Crippen LogP contribution in [0.2, 0.25) is 0 Å². The summed E-state index contributed by atoms with van der Waals surface area (Å²) >= 11 is 5.19. The number of amides is 1. The van der Waals surface area contributed by atoms with E-state index in [1.807, 2.05) is 0 Å². The van der Waals surface area contributed by atoms with Crippen LogP contribution in [-0.4, -0.2) is 69.5 Å². The Balaban J connectivity index is 2.80. The van der Waals surface area contributed by atoms with Gasteiger partial charge in [0.2, 0.25) is 5.91 Å². The van der Waals surface area contributed by atoms with Crippen LogP contribution < -0.4 is 5.73 Å². The quantitative estimate of drug-likeness (QED) is 0.495. The number of nitrogens with two attached hydrogens (primary N) is 1. The molecule has 122 valence electrons. The molecular weight excluding hydrogens is 292 g/mol. The van der Waals surface area contributed by atoms with Crippen molar-refractivity contribution < 1.29 is 19.0 Å². The number of carbonyl (C=O) groups is 1. The number of hydrogen-bond acceptors (Lipinski definition) is 5. The van der Waals surface area contributed by atoms with Gasteiger partial charge in [0, 0.05) is 47.1 Å². The van der Waals surface area contributed by atoms with E-state index in [1.54, 1.807) is 19.1 Å². The van der Waals surface area contributed by atoms with E-state index in [4.69, 9.17) is 32.2 Å². The molecule has 0 aromatic heterocycles. The lowest BCUT2D eigenvalue weighted by molar-refractivity contribution is -0.143. The fourth-order valence-electron chi connectivity index (χ4n) is 2.50. The molecule has 0 atom stereocenters. The summed E-state index contributed by atoms with van der Waals surface area (Å²) in [5, 5.41) is 0. The van der Waals surface area contributed by atoms with Crippen LogP contribution in [0.4, 0.5) is 0 Å². The highest BCUT2D eigenvalue weighted by molar-refractivity contribution is 7.80. The van der Waals surface area contributed by atoms with Crippen molar-refractivity contribution in [1.82, 2.24) is 4.90 Å². The van der Waals surface area contributed by atoms with Gasteiger partial charge in [-0.3, -0.25) is 4.79 Å². The maximum absolute atomic E-state index is 13.0. The van der Waals surface area contributed by atoms with Crippen LogP contribution in [0.3, 0.4) is 0 Å². The van der Waals surface area contributed by atoms with E-state index >= 15 is 0 Å². The predicted octanol–water partition coefficient (Wildman–Crippen LogP) is 0.581. The molecule has 1 saturated heterocycles. The third-order valence-electron chi connectivity index (χ3n) is 3.86. The van der Waals surface area contributed by atoms with Gasteiger partial charge in [-0.15, -0.1) is 0 Å². The van der Waals surface area contributed by atoms with Crippen molar-refractivity contribution >= 4 is 23.1 Å². The van der Waals surface area contributed by atoms with Crippen LogP contribution in [0.25, 0.3) is 0 Å². The minimum absolute atomic E-state index is 0.00791. The highest BCUT2D eigenvalue weighted by Gasteiger charge is 2.45. The minimum Gasteiger partial charge on any atom is -0.392 e. The van der Waals surface area contributed by atoms with Gasteiger partial charge in [0.1, 0.15) is 5.41 Å². The third kappa shape index (κ3) is 4.88. The molecule has 0 aromatic rings. The molecule has 21 heavy (non-hydrogen) atoms. The highest BCUT2D eigenvalue weighted by atomic mass is 32.1. The topological polar surface area (TPSA) is 74.0 Å². The van der Waals surface area contributed by atoms with Crippen LogP contribution >= 0.6 is 12.2 Å². The van der Waals surface area contributed by atoms with Crippen molar-refractivity contribution in [3.63, 3.8) is 0 Å². The lowest BCUT2D eigenvalue weighted by Crippen LogP contribution is -2.54. The van der Waals surface area contributed by atoms with E-state index in [0.29, 0.717) is 52.4 Å². The zero-order valence-corrected chi connectivity index (χ0v) is 13.7. The summed E-state index contributed by atoms with van der Waals surface area (Å²) in [4.78, 5) is 15.0. The molecule has 2 N–H and O–H groups in total. The van der Waals surface area contributed by atoms with Gasteiger partial charge >= 0.3 is 0 Å². The SMILES string of the molecule is COCCCN(CCOC)C(=O)C1(C(N)=S)CCOCC1. The summed E-state index contributed by atoms with van der Waals surface area (Å²) in [6.07, 6.45) is 1.87. The average molecular weight is 318 g/mol. The van der Waals surface area contributed by atoms with Crippen LogP contribution in [0.15, 0.2) is 0 Å². The van der Waals surface area contributed by atoms with E-state index in [9.17, 15) is 4.79 Å². The first kappa shape index (κ1) is 18.3. The summed E-state index contributed by atoms with van der Waals surface area (Å²) in [7, 11) is 3.27. The molecule has 0 unspecified atom stereocenters. The normalized spacial score (nSPS) is 17.4. The molecule has 1 heterocycles. The lowest BCUT2D eigenvalue weighted by Gasteiger charge is -2.39. The van der Waals surface area contributed by atoms with Crippen molar-refractivity contribution in [2.24, 2.45) is 11.1 Å². The molecule has 0 spiro atoms. The van der Waals surface area contributed by atoms with E-state index < -0.39 is 5.41 Å². The second-order valence-corrected chi connectivity index (χ2v) is 5.63. The second-order valence-electron chi connectivity index (χ2n) is 5.19. The molecule has 0 aromatic carbocycles. The Hall–Kier alpha value is -0.760. The van der Waals surface area contributed by atoms with Crippen molar-refractivity contribution in [2.75, 3.05) is 53.7 Å². The summed E-state index contributed by atoms with van der Waals surface area (Å²) < 4.78 is 15.5. The first-order chi connectivity index (χ1) is 10.1. The molecule has 6 nitrogen and oxygen atoms in total. The largest absolute Gasteiger partial charge is 0.392 e. The molecule has 0 radical (unpaired) electrons. The van der Waals surface area contributed by atoms with Gasteiger partial charge in [0.05, 0.1) is 11.6 Å². The smallest absolute Gasteiger partial charge is 0.235 e. The van der Waals surface area contributed by atoms with Crippen molar-refractivity contribution in [2.45, 2.75) is 19.3 Å². The molecule has 1 rings (SSSR count). The van der Waals surface area contributed by atoms with Crippen molar-refractivity contribution in [1.29, 1.82) is 0 Å². The Morgan fingerprint density at radius 3 is 2.38 bits per heavy atom. The van der Waals surface area contributed by atoms with Gasteiger partial charge in [0.15, 0.2) is 0 Å². The minimum atomic E-state index is -0.769. The van der Waals surface area contributed by atoms with Gasteiger partial charge in [-0.2, -0.15) is 0 Å². The van der Waals surface area contributed by atoms with Crippen LogP contribution in [0, 0.1) is 5.41 Å². The molecule has 1 amide bonds. The predicted molar refractivity (Wildman–Crippen MR) is 84.2 cm³/mol. The van der Waals surface area contributed by atoms with Gasteiger partial charge in [-0.05, 0) is 19.3 Å². The van der Waals surface area contributed by atoms with Crippen LogP contribution in [0.1, 0.15) is 19.3 Å². The number of methoxy groups -OCH3 is 2. The highest BCUT2D eigenvalue weighted by Crippen LogP contribution is 2.33. The number of ether oxygens (including phenoxy) is 3. The molecule has 0 aliphatic carbocycles. The summed E-state index contributed by atoms with van der Waals surface area (Å²) in [5.74, 6) is -0.00791. The summed E-state index contributed by atoms with van der Waals surface area (Å²) in [5.41, 5.74) is 5.13. The number of rotatable bonds is 9. The Morgan fingerprint density at radius 1 is 1.24 bits per heavy atom. The van der Waals surface area contributed by atoms with E-state index in [-0.39, 0.29) is 10.9 Å². The van der Waals surface area contributed by atoms with Gasteiger partial charge in [-0.1, -0.05) is 12.2 Å². The lowest BCUT2D eigenvalue weighted by atomic mass is 9.78. The van der Waals surface area contributed by atoms with Gasteiger partial charge < -0.3 is 24.8 Å². The van der Waals surface area contributed by atoms with Crippen molar-refractivity contribution in [3.05, 3.63) is 0 Å². The standard InChI is InChI=1S/C14H26N2O4S/c1-18-8-3-6-16(7-11-19-2)13(17)14(12(15)21)4-9-20-10-5-14/h3-11H2,1-2H3,(H2,15,21). The monoisotopic (exact) mass is 318 g/mol. The molecule has 0 saturated carbocycles. The number of nitrogens with zero attached hydrogens (tertiary/aromatic N) is 1. The van der Waals surface area contributed by atoms with Crippen LogP contribution in [0.5, 0.6) is 0 Å². The van der Waals surface area contributed by atoms with E-state index in [1.165, 1.54) is 0 Å². The Kier molecular flexibility index (Phi) is 8.10. The first-order valence-electron chi connectivity index (χ1n) is 7.23. The number of hydrogen-bond donors (Lipinski definition) is 1. The molecule has 1 fully saturated rings. The van der Waals surface area contributed by atoms with Gasteiger partial charge in [-0.25, -0.2) is 0 Å². The zero-order chi connectivity index (χ0) is 15.7. The summed E-state index contributed by atoms with van der Waals surface area (Å²) in [6.45, 7) is 3.27. The summed E-state index contributed by atoms with van der Waals surface area (Å²) in [6, 6.07) is 0. The molecule has 1 aliphatic heterocycles. The molecular formula is C14H26N2O4S. The fraction of sp³-hybridized carbons (Fsp3) is 0.857. The van der Waals surface area contributed by atoms with Crippen molar-refractivity contribution in [3.8, 4) is 0 Å². The van der Waals surface area contributed by atoms with Gasteiger partial charge in [0.25, 0.3) is 0 Å². The number of carbonyl (C=O) groups excluding carboxylic acids is 1. The van der Waals surface area contributed by atoms with E-state index in [0.717, 1.165) is 6.42 Å². The maximum atomic E-state index is 13.0. The maximum Gasteiger partial charge on any atom is 0.235 e. The Bertz CT molecular complexity index is 346. The second kappa shape index (κ2) is 9.30. The Labute approximate surface area is 131 Å². The van der Waals surface area contributed by atoms with Crippen LogP contribution in [-0.2, 0) is 19.0 Å². The molecule has 0 bridgehead atoms. The molecule has 1 aliphatic rings.